The van der Waals surface area contributed by atoms with E-state index in [1.54, 1.807) is 24.9 Å². The van der Waals surface area contributed by atoms with Crippen LogP contribution in [0.3, 0.4) is 0 Å². The summed E-state index contributed by atoms with van der Waals surface area (Å²) in [6, 6.07) is 5.58. The summed E-state index contributed by atoms with van der Waals surface area (Å²) in [6.07, 6.45) is 0. The van der Waals surface area contributed by atoms with Crippen LogP contribution in [0.5, 0.6) is 0 Å². The lowest BCUT2D eigenvalue weighted by Gasteiger charge is -2.08. The van der Waals surface area contributed by atoms with E-state index >= 15 is 0 Å². The van der Waals surface area contributed by atoms with Crippen LogP contribution in [-0.4, -0.2) is 27.8 Å². The second kappa shape index (κ2) is 4.45. The molecule has 0 atom stereocenters. The lowest BCUT2D eigenvalue weighted by Crippen LogP contribution is -2.17. The van der Waals surface area contributed by atoms with Crippen LogP contribution < -0.4 is 5.73 Å². The second-order valence-corrected chi connectivity index (χ2v) is 5.24. The highest BCUT2D eigenvalue weighted by atomic mass is 35.5. The molecule has 1 aliphatic heterocycles. The number of aryl methyl sites for hydroxylation is 1. The molecule has 102 valence electrons. The van der Waals surface area contributed by atoms with Crippen molar-refractivity contribution in [1.82, 2.24) is 14.9 Å². The van der Waals surface area contributed by atoms with Gasteiger partial charge in [-0.3, -0.25) is 4.79 Å². The molecule has 1 aromatic carbocycles. The molecule has 2 heterocycles. The van der Waals surface area contributed by atoms with Gasteiger partial charge in [-0.15, -0.1) is 0 Å². The highest BCUT2D eigenvalue weighted by Crippen LogP contribution is 2.32. The number of rotatable bonds is 1. The number of amides is 1. The van der Waals surface area contributed by atoms with Gasteiger partial charge < -0.3 is 10.6 Å². The molecule has 1 amide bonds. The van der Waals surface area contributed by atoms with Gasteiger partial charge in [0.2, 0.25) is 5.95 Å². The molecule has 0 aliphatic carbocycles. The van der Waals surface area contributed by atoms with Crippen molar-refractivity contribution in [2.45, 2.75) is 13.5 Å². The Labute approximate surface area is 121 Å². The summed E-state index contributed by atoms with van der Waals surface area (Å²) in [5, 5.41) is 0.483. The van der Waals surface area contributed by atoms with Crippen molar-refractivity contribution in [2.24, 2.45) is 0 Å². The predicted octanol–water partition coefficient (Wildman–Crippen LogP) is 2.27. The number of aromatic nitrogens is 2. The Kier molecular flexibility index (Phi) is 2.87. The molecule has 1 aliphatic rings. The van der Waals surface area contributed by atoms with Crippen molar-refractivity contribution < 1.29 is 4.79 Å². The zero-order chi connectivity index (χ0) is 14.4. The highest BCUT2D eigenvalue weighted by molar-refractivity contribution is 6.33. The van der Waals surface area contributed by atoms with Crippen molar-refractivity contribution in [1.29, 1.82) is 0 Å². The second-order valence-electron chi connectivity index (χ2n) is 4.86. The van der Waals surface area contributed by atoms with Gasteiger partial charge in [-0.25, -0.2) is 9.97 Å². The molecular formula is C14H13ClN4O. The van der Waals surface area contributed by atoms with Crippen LogP contribution in [0.25, 0.3) is 11.3 Å². The number of carbonyl (C=O) groups excluding carboxylic acids is 1. The molecule has 2 N–H and O–H groups in total. The predicted molar refractivity (Wildman–Crippen MR) is 77.4 cm³/mol. The van der Waals surface area contributed by atoms with Gasteiger partial charge >= 0.3 is 0 Å². The third kappa shape index (κ3) is 1.91. The Balaban J connectivity index is 2.14. The monoisotopic (exact) mass is 288 g/mol. The van der Waals surface area contributed by atoms with Gasteiger partial charge in [0.1, 0.15) is 0 Å². The van der Waals surface area contributed by atoms with Crippen LogP contribution in [-0.2, 0) is 6.54 Å². The molecule has 1 aromatic heterocycles. The number of benzene rings is 1. The number of nitrogens with two attached hydrogens (primary N) is 1. The SMILES string of the molecule is Cc1nc(N)nc(-c2ccc3c(c2)CN(C)C3=O)c1Cl. The van der Waals surface area contributed by atoms with Crippen LogP contribution in [0.1, 0.15) is 21.6 Å². The molecule has 0 fully saturated rings. The Morgan fingerprint density at radius 3 is 2.85 bits per heavy atom. The van der Waals surface area contributed by atoms with Crippen molar-refractivity contribution in [3.63, 3.8) is 0 Å². The first-order valence-electron chi connectivity index (χ1n) is 6.15. The fourth-order valence-electron chi connectivity index (χ4n) is 2.39. The van der Waals surface area contributed by atoms with E-state index in [0.717, 1.165) is 16.7 Å². The van der Waals surface area contributed by atoms with E-state index in [0.29, 0.717) is 23.0 Å². The molecule has 3 rings (SSSR count). The minimum atomic E-state index is 0.0380. The van der Waals surface area contributed by atoms with Crippen LogP contribution in [0.2, 0.25) is 5.02 Å². The standard InChI is InChI=1S/C14H13ClN4O/c1-7-11(15)12(18-14(16)17-7)8-3-4-10-9(5-8)6-19(2)13(10)20/h3-5H,6H2,1-2H3,(H2,16,17,18). The van der Waals surface area contributed by atoms with Gasteiger partial charge in [0.15, 0.2) is 0 Å². The van der Waals surface area contributed by atoms with E-state index in [9.17, 15) is 4.79 Å². The number of nitrogen functional groups attached to an aromatic ring is 1. The van der Waals surface area contributed by atoms with Gasteiger partial charge in [-0.1, -0.05) is 17.7 Å². The van der Waals surface area contributed by atoms with E-state index in [1.165, 1.54) is 0 Å². The number of nitrogens with zero attached hydrogens (tertiary/aromatic N) is 3. The van der Waals surface area contributed by atoms with Gasteiger partial charge in [0.25, 0.3) is 5.91 Å². The smallest absolute Gasteiger partial charge is 0.254 e. The third-order valence-electron chi connectivity index (χ3n) is 3.40. The van der Waals surface area contributed by atoms with Crippen molar-refractivity contribution in [3.05, 3.63) is 40.0 Å². The summed E-state index contributed by atoms with van der Waals surface area (Å²) < 4.78 is 0. The van der Waals surface area contributed by atoms with Gasteiger partial charge in [0, 0.05) is 24.7 Å². The first-order chi connectivity index (χ1) is 9.47. The van der Waals surface area contributed by atoms with E-state index < -0.39 is 0 Å². The Bertz CT molecular complexity index is 729. The average molecular weight is 289 g/mol. The Hall–Kier alpha value is -2.14. The quantitative estimate of drug-likeness (QED) is 0.874. The third-order valence-corrected chi connectivity index (χ3v) is 3.85. The zero-order valence-electron chi connectivity index (χ0n) is 11.1. The number of hydrogen-bond acceptors (Lipinski definition) is 4. The van der Waals surface area contributed by atoms with Crippen LogP contribution in [0.15, 0.2) is 18.2 Å². The highest BCUT2D eigenvalue weighted by Gasteiger charge is 2.25. The molecule has 0 unspecified atom stereocenters. The largest absolute Gasteiger partial charge is 0.368 e. The minimum absolute atomic E-state index is 0.0380. The fraction of sp³-hybridized carbons (Fsp3) is 0.214. The van der Waals surface area contributed by atoms with Crippen molar-refractivity contribution >= 4 is 23.5 Å². The Morgan fingerprint density at radius 2 is 2.10 bits per heavy atom. The summed E-state index contributed by atoms with van der Waals surface area (Å²) >= 11 is 6.25. The first kappa shape index (κ1) is 12.9. The molecule has 0 bridgehead atoms. The van der Waals surface area contributed by atoms with E-state index in [2.05, 4.69) is 9.97 Å². The molecule has 2 aromatic rings. The summed E-state index contributed by atoms with van der Waals surface area (Å²) in [4.78, 5) is 21.8. The molecule has 6 heteroatoms. The maximum atomic E-state index is 11.9. The van der Waals surface area contributed by atoms with Crippen molar-refractivity contribution in [2.75, 3.05) is 12.8 Å². The normalized spacial score (nSPS) is 13.8. The number of carbonyl (C=O) groups is 1. The average Bonchev–Trinajstić information content (AvgIpc) is 2.69. The molecule has 0 saturated carbocycles. The minimum Gasteiger partial charge on any atom is -0.368 e. The summed E-state index contributed by atoms with van der Waals surface area (Å²) in [5.74, 6) is 0.228. The summed E-state index contributed by atoms with van der Waals surface area (Å²) in [6.45, 7) is 2.38. The first-order valence-corrected chi connectivity index (χ1v) is 6.53. The summed E-state index contributed by atoms with van der Waals surface area (Å²) in [7, 11) is 1.78. The van der Waals surface area contributed by atoms with E-state index in [4.69, 9.17) is 17.3 Å². The molecule has 0 spiro atoms. The molecule has 0 radical (unpaired) electrons. The Morgan fingerprint density at radius 1 is 1.35 bits per heavy atom. The van der Waals surface area contributed by atoms with Crippen LogP contribution in [0.4, 0.5) is 5.95 Å². The lowest BCUT2D eigenvalue weighted by atomic mass is 10.0. The molecule has 20 heavy (non-hydrogen) atoms. The molecule has 0 saturated heterocycles. The van der Waals surface area contributed by atoms with Crippen molar-refractivity contribution in [3.8, 4) is 11.3 Å². The molecule has 5 nitrogen and oxygen atoms in total. The number of hydrogen-bond donors (Lipinski definition) is 1. The number of fused-ring (bicyclic) bond motifs is 1. The number of halogens is 1. The zero-order valence-corrected chi connectivity index (χ0v) is 11.9. The number of anilines is 1. The van der Waals surface area contributed by atoms with E-state index in [1.807, 2.05) is 12.1 Å². The van der Waals surface area contributed by atoms with Gasteiger partial charge in [-0.05, 0) is 24.6 Å². The summed E-state index contributed by atoms with van der Waals surface area (Å²) in [5.41, 5.74) is 9.46. The van der Waals surface area contributed by atoms with Crippen LogP contribution >= 0.6 is 11.6 Å². The lowest BCUT2D eigenvalue weighted by molar-refractivity contribution is 0.0816. The van der Waals surface area contributed by atoms with Gasteiger partial charge in [-0.2, -0.15) is 0 Å². The maximum absolute atomic E-state index is 11.9. The topological polar surface area (TPSA) is 72.1 Å². The van der Waals surface area contributed by atoms with Crippen LogP contribution in [0, 0.1) is 6.92 Å². The van der Waals surface area contributed by atoms with E-state index in [-0.39, 0.29) is 11.9 Å². The fourth-order valence-corrected chi connectivity index (χ4v) is 2.58. The van der Waals surface area contributed by atoms with Gasteiger partial charge in [0.05, 0.1) is 16.4 Å². The molecular weight excluding hydrogens is 276 g/mol. The maximum Gasteiger partial charge on any atom is 0.254 e.